The first-order valence-electron chi connectivity index (χ1n) is 7.66. The number of nitrogens with zero attached hydrogens (tertiary/aromatic N) is 1. The number of hydrogen-bond acceptors (Lipinski definition) is 3. The molecule has 1 amide bonds. The van der Waals surface area contributed by atoms with Crippen LogP contribution in [0.4, 0.5) is 10.5 Å². The van der Waals surface area contributed by atoms with Crippen molar-refractivity contribution in [2.24, 2.45) is 0 Å². The predicted octanol–water partition coefficient (Wildman–Crippen LogP) is 3.60. The van der Waals surface area contributed by atoms with E-state index >= 15 is 0 Å². The number of carbonyl (C=O) groups is 1. The zero-order chi connectivity index (χ0) is 15.9. The quantitative estimate of drug-likeness (QED) is 0.871. The molecule has 0 aliphatic carbocycles. The van der Waals surface area contributed by atoms with Gasteiger partial charge in [0.2, 0.25) is 0 Å². The summed E-state index contributed by atoms with van der Waals surface area (Å²) < 4.78 is 5.20. The van der Waals surface area contributed by atoms with Crippen molar-refractivity contribution in [1.29, 1.82) is 0 Å². The Labute approximate surface area is 128 Å². The Balaban J connectivity index is 2.41. The molecule has 0 spiro atoms. The maximum atomic E-state index is 11.5. The smallest absolute Gasteiger partial charge is 0.407 e. The minimum atomic E-state index is -0.449. The molecule has 0 radical (unpaired) electrons. The number of benzene rings is 1. The summed E-state index contributed by atoms with van der Waals surface area (Å²) in [6.07, 6.45) is 0.444. The van der Waals surface area contributed by atoms with E-state index in [9.17, 15) is 4.79 Å². The number of ether oxygens (including phenoxy) is 1. The van der Waals surface area contributed by atoms with Gasteiger partial charge in [-0.05, 0) is 58.7 Å². The molecule has 4 heteroatoms. The second-order valence-corrected chi connectivity index (χ2v) is 6.02. The molecule has 1 aromatic rings. The summed E-state index contributed by atoms with van der Waals surface area (Å²) in [5, 5.41) is 2.78. The maximum Gasteiger partial charge on any atom is 0.407 e. The zero-order valence-electron chi connectivity index (χ0n) is 13.9. The minimum absolute atomic E-state index is 0.359. The van der Waals surface area contributed by atoms with Crippen molar-refractivity contribution in [3.63, 3.8) is 0 Å². The van der Waals surface area contributed by atoms with E-state index in [0.29, 0.717) is 6.54 Å². The van der Waals surface area contributed by atoms with Gasteiger partial charge in [0.25, 0.3) is 0 Å². The standard InChI is InChI=1S/C17H28N2O2/c1-6-19(7-2)15-10-8-14(9-11-15)12-13-18-16(20)21-17(3,4)5/h8-11H,6-7,12-13H2,1-5H3,(H,18,20). The molecule has 0 saturated carbocycles. The van der Waals surface area contributed by atoms with Crippen molar-refractivity contribution < 1.29 is 9.53 Å². The molecule has 0 aromatic heterocycles. The highest BCUT2D eigenvalue weighted by Gasteiger charge is 2.15. The monoisotopic (exact) mass is 292 g/mol. The molecule has 0 saturated heterocycles. The van der Waals surface area contributed by atoms with Crippen molar-refractivity contribution in [1.82, 2.24) is 5.32 Å². The molecule has 21 heavy (non-hydrogen) atoms. The molecule has 1 aromatic carbocycles. The topological polar surface area (TPSA) is 41.6 Å². The fourth-order valence-electron chi connectivity index (χ4n) is 2.09. The Morgan fingerprint density at radius 2 is 1.71 bits per heavy atom. The third-order valence-electron chi connectivity index (χ3n) is 3.15. The molecule has 0 unspecified atom stereocenters. The van der Waals surface area contributed by atoms with Gasteiger partial charge in [-0.2, -0.15) is 0 Å². The normalized spacial score (nSPS) is 11.1. The Morgan fingerprint density at radius 1 is 1.14 bits per heavy atom. The van der Waals surface area contributed by atoms with Gasteiger partial charge in [-0.3, -0.25) is 0 Å². The van der Waals surface area contributed by atoms with E-state index in [1.807, 2.05) is 20.8 Å². The van der Waals surface area contributed by atoms with Crippen molar-refractivity contribution in [2.45, 2.75) is 46.6 Å². The Bertz CT molecular complexity index is 431. The molecule has 4 nitrogen and oxygen atoms in total. The zero-order valence-corrected chi connectivity index (χ0v) is 13.9. The van der Waals surface area contributed by atoms with E-state index in [1.165, 1.54) is 11.3 Å². The van der Waals surface area contributed by atoms with Gasteiger partial charge in [-0.1, -0.05) is 12.1 Å². The lowest BCUT2D eigenvalue weighted by molar-refractivity contribution is 0.0528. The number of alkyl carbamates (subject to hydrolysis) is 1. The van der Waals surface area contributed by atoms with Crippen molar-refractivity contribution in [2.75, 3.05) is 24.5 Å². The Morgan fingerprint density at radius 3 is 2.19 bits per heavy atom. The molecule has 1 N–H and O–H groups in total. The molecular formula is C17H28N2O2. The third kappa shape index (κ3) is 6.52. The highest BCUT2D eigenvalue weighted by molar-refractivity contribution is 5.67. The van der Waals surface area contributed by atoms with Gasteiger partial charge in [0.1, 0.15) is 5.60 Å². The number of rotatable bonds is 6. The van der Waals surface area contributed by atoms with Crippen LogP contribution in [0.2, 0.25) is 0 Å². The van der Waals surface area contributed by atoms with Crippen LogP contribution in [-0.2, 0) is 11.2 Å². The Hall–Kier alpha value is -1.71. The SMILES string of the molecule is CCN(CC)c1ccc(CCNC(=O)OC(C)(C)C)cc1. The van der Waals surface area contributed by atoms with Gasteiger partial charge in [-0.25, -0.2) is 4.79 Å². The van der Waals surface area contributed by atoms with Crippen molar-refractivity contribution in [3.05, 3.63) is 29.8 Å². The molecule has 0 bridgehead atoms. The number of anilines is 1. The van der Waals surface area contributed by atoms with Crippen LogP contribution in [0.1, 0.15) is 40.2 Å². The molecule has 1 rings (SSSR count). The largest absolute Gasteiger partial charge is 0.444 e. The first kappa shape index (κ1) is 17.3. The van der Waals surface area contributed by atoms with E-state index in [-0.39, 0.29) is 6.09 Å². The summed E-state index contributed by atoms with van der Waals surface area (Å²) in [5.74, 6) is 0. The van der Waals surface area contributed by atoms with Gasteiger partial charge in [-0.15, -0.1) is 0 Å². The minimum Gasteiger partial charge on any atom is -0.444 e. The lowest BCUT2D eigenvalue weighted by atomic mass is 10.1. The fraction of sp³-hybridized carbons (Fsp3) is 0.588. The Kier molecular flexibility index (Phi) is 6.53. The molecular weight excluding hydrogens is 264 g/mol. The second kappa shape index (κ2) is 7.91. The van der Waals surface area contributed by atoms with E-state index in [0.717, 1.165) is 19.5 Å². The van der Waals surface area contributed by atoms with Crippen LogP contribution < -0.4 is 10.2 Å². The van der Waals surface area contributed by atoms with E-state index in [2.05, 4.69) is 48.3 Å². The maximum absolute atomic E-state index is 11.5. The van der Waals surface area contributed by atoms with Crippen LogP contribution in [-0.4, -0.2) is 31.3 Å². The summed E-state index contributed by atoms with van der Waals surface area (Å²) >= 11 is 0. The summed E-state index contributed by atoms with van der Waals surface area (Å²) in [6.45, 7) is 12.5. The van der Waals surface area contributed by atoms with Gasteiger partial charge >= 0.3 is 6.09 Å². The van der Waals surface area contributed by atoms with Gasteiger partial charge in [0.05, 0.1) is 0 Å². The summed E-state index contributed by atoms with van der Waals surface area (Å²) in [5.41, 5.74) is 2.00. The van der Waals surface area contributed by atoms with Gasteiger partial charge in [0, 0.05) is 25.3 Å². The third-order valence-corrected chi connectivity index (χ3v) is 3.15. The van der Waals surface area contributed by atoms with E-state index in [4.69, 9.17) is 4.74 Å². The predicted molar refractivity (Wildman–Crippen MR) is 87.9 cm³/mol. The van der Waals surface area contributed by atoms with Crippen molar-refractivity contribution >= 4 is 11.8 Å². The average Bonchev–Trinajstić information content (AvgIpc) is 2.40. The van der Waals surface area contributed by atoms with Gasteiger partial charge in [0.15, 0.2) is 0 Å². The first-order chi connectivity index (χ1) is 9.85. The highest BCUT2D eigenvalue weighted by atomic mass is 16.6. The molecule has 0 aliphatic rings. The first-order valence-corrected chi connectivity index (χ1v) is 7.66. The molecule has 0 atom stereocenters. The van der Waals surface area contributed by atoms with Crippen LogP contribution in [0.3, 0.4) is 0 Å². The lowest BCUT2D eigenvalue weighted by Gasteiger charge is -2.21. The van der Waals surface area contributed by atoms with E-state index in [1.54, 1.807) is 0 Å². The molecule has 118 valence electrons. The van der Waals surface area contributed by atoms with E-state index < -0.39 is 5.60 Å². The fourth-order valence-corrected chi connectivity index (χ4v) is 2.09. The number of amides is 1. The summed E-state index contributed by atoms with van der Waals surface area (Å²) in [4.78, 5) is 13.8. The van der Waals surface area contributed by atoms with Crippen LogP contribution in [0.5, 0.6) is 0 Å². The van der Waals surface area contributed by atoms with Gasteiger partial charge < -0.3 is 15.0 Å². The van der Waals surface area contributed by atoms with Crippen molar-refractivity contribution in [3.8, 4) is 0 Å². The lowest BCUT2D eigenvalue weighted by Crippen LogP contribution is -2.33. The highest BCUT2D eigenvalue weighted by Crippen LogP contribution is 2.15. The van der Waals surface area contributed by atoms with Crippen LogP contribution in [0, 0.1) is 0 Å². The molecule has 0 heterocycles. The van der Waals surface area contributed by atoms with Crippen LogP contribution in [0.25, 0.3) is 0 Å². The molecule has 0 aliphatic heterocycles. The van der Waals surface area contributed by atoms with Crippen LogP contribution >= 0.6 is 0 Å². The summed E-state index contributed by atoms with van der Waals surface area (Å²) in [6, 6.07) is 8.50. The molecule has 0 fully saturated rings. The average molecular weight is 292 g/mol. The van der Waals surface area contributed by atoms with Crippen LogP contribution in [0.15, 0.2) is 24.3 Å². The number of nitrogens with one attached hydrogen (secondary N) is 1. The number of hydrogen-bond donors (Lipinski definition) is 1. The number of carbonyl (C=O) groups excluding carboxylic acids is 1. The second-order valence-electron chi connectivity index (χ2n) is 6.02. The summed E-state index contributed by atoms with van der Waals surface area (Å²) in [7, 11) is 0.